The van der Waals surface area contributed by atoms with E-state index < -0.39 is 0 Å². The van der Waals surface area contributed by atoms with Gasteiger partial charge in [0.1, 0.15) is 5.82 Å². The van der Waals surface area contributed by atoms with Gasteiger partial charge in [-0.25, -0.2) is 9.97 Å². The average Bonchev–Trinajstić information content (AvgIpc) is 2.39. The molecule has 16 heavy (non-hydrogen) atoms. The Bertz CT molecular complexity index is 442. The summed E-state index contributed by atoms with van der Waals surface area (Å²) in [5.41, 5.74) is 1.85. The fourth-order valence-corrected chi connectivity index (χ4v) is 1.46. The van der Waals surface area contributed by atoms with Crippen LogP contribution in [0, 0.1) is 0 Å². The predicted octanol–water partition coefficient (Wildman–Crippen LogP) is 2.17. The highest BCUT2D eigenvalue weighted by atomic mass is 16.4. The summed E-state index contributed by atoms with van der Waals surface area (Å²) in [5.74, 6) is 1.45. The van der Waals surface area contributed by atoms with E-state index in [9.17, 15) is 0 Å². The minimum atomic E-state index is 0.620. The normalized spacial score (nSPS) is 10.1. The van der Waals surface area contributed by atoms with E-state index in [-0.39, 0.29) is 0 Å². The molecule has 1 aromatic heterocycles. The highest BCUT2D eigenvalue weighted by Crippen LogP contribution is 2.21. The molecule has 0 amide bonds. The van der Waals surface area contributed by atoms with Crippen molar-refractivity contribution in [3.05, 3.63) is 42.4 Å². The molecule has 0 saturated carbocycles. The van der Waals surface area contributed by atoms with Gasteiger partial charge in [0.2, 0.25) is 0 Å². The van der Waals surface area contributed by atoms with Crippen molar-refractivity contribution >= 4 is 8.05 Å². The first-order chi connectivity index (χ1) is 7.83. The Hall–Kier alpha value is -1.84. The third-order valence-corrected chi connectivity index (χ3v) is 2.29. The number of aryl methyl sites for hydroxylation is 1. The predicted molar refractivity (Wildman–Crippen MR) is 63.2 cm³/mol. The van der Waals surface area contributed by atoms with Gasteiger partial charge in [-0.3, -0.25) is 0 Å². The molecular formula is C12H11BN2O. The van der Waals surface area contributed by atoms with Gasteiger partial charge in [0.25, 0.3) is 0 Å². The fraction of sp³-hybridized carbons (Fsp3) is 0.167. The molecule has 1 heterocycles. The van der Waals surface area contributed by atoms with Crippen LogP contribution in [0.25, 0.3) is 11.3 Å². The van der Waals surface area contributed by atoms with E-state index in [2.05, 4.69) is 14.6 Å². The standard InChI is InChI=1S/C12H11BN2O/c1-2-12-14-7-6-11(15-12)9-4-3-5-10(8-9)16-13/h3-8H,2H2,1H3. The van der Waals surface area contributed by atoms with Crippen LogP contribution >= 0.6 is 0 Å². The quantitative estimate of drug-likeness (QED) is 0.728. The Labute approximate surface area is 96.0 Å². The summed E-state index contributed by atoms with van der Waals surface area (Å²) in [5, 5.41) is 0. The maximum absolute atomic E-state index is 5.12. The first-order valence-corrected chi connectivity index (χ1v) is 5.12. The van der Waals surface area contributed by atoms with Crippen molar-refractivity contribution in [2.24, 2.45) is 0 Å². The molecule has 0 aliphatic carbocycles. The van der Waals surface area contributed by atoms with Gasteiger partial charge in [-0.2, -0.15) is 0 Å². The largest absolute Gasteiger partial charge is 0.568 e. The molecule has 0 aliphatic heterocycles. The summed E-state index contributed by atoms with van der Waals surface area (Å²) in [7, 11) is 5.12. The maximum atomic E-state index is 5.12. The van der Waals surface area contributed by atoms with Crippen LogP contribution in [-0.4, -0.2) is 18.0 Å². The number of nitrogens with zero attached hydrogens (tertiary/aromatic N) is 2. The summed E-state index contributed by atoms with van der Waals surface area (Å²) in [6.07, 6.45) is 2.58. The van der Waals surface area contributed by atoms with Crippen molar-refractivity contribution < 1.29 is 4.65 Å². The van der Waals surface area contributed by atoms with Gasteiger partial charge in [-0.1, -0.05) is 19.1 Å². The lowest BCUT2D eigenvalue weighted by molar-refractivity contribution is 0.616. The summed E-state index contributed by atoms with van der Waals surface area (Å²) in [6.45, 7) is 2.03. The Kier molecular flexibility index (Phi) is 3.20. The highest BCUT2D eigenvalue weighted by Gasteiger charge is 2.02. The van der Waals surface area contributed by atoms with Gasteiger partial charge in [0.15, 0.2) is 0 Å². The molecule has 2 rings (SSSR count). The van der Waals surface area contributed by atoms with Crippen molar-refractivity contribution in [2.75, 3.05) is 0 Å². The molecule has 3 nitrogen and oxygen atoms in total. The van der Waals surface area contributed by atoms with Crippen LogP contribution in [0.2, 0.25) is 0 Å². The van der Waals surface area contributed by atoms with Gasteiger partial charge < -0.3 is 4.65 Å². The molecule has 0 fully saturated rings. The highest BCUT2D eigenvalue weighted by molar-refractivity contribution is 6.00. The molecule has 0 aliphatic rings. The van der Waals surface area contributed by atoms with E-state index in [4.69, 9.17) is 8.05 Å². The van der Waals surface area contributed by atoms with Crippen molar-refractivity contribution in [1.29, 1.82) is 0 Å². The van der Waals surface area contributed by atoms with Crippen LogP contribution in [-0.2, 0) is 6.42 Å². The average molecular weight is 210 g/mol. The molecule has 78 valence electrons. The lowest BCUT2D eigenvalue weighted by Gasteiger charge is -2.05. The first-order valence-electron chi connectivity index (χ1n) is 5.12. The molecule has 0 unspecified atom stereocenters. The molecule has 2 aromatic rings. The van der Waals surface area contributed by atoms with E-state index in [0.29, 0.717) is 5.75 Å². The van der Waals surface area contributed by atoms with Gasteiger partial charge in [0.05, 0.1) is 11.4 Å². The lowest BCUT2D eigenvalue weighted by Crippen LogP contribution is -1.94. The molecule has 0 N–H and O–H groups in total. The molecule has 0 spiro atoms. The van der Waals surface area contributed by atoms with Gasteiger partial charge >= 0.3 is 8.05 Å². The minimum absolute atomic E-state index is 0.620. The third-order valence-electron chi connectivity index (χ3n) is 2.29. The van der Waals surface area contributed by atoms with Gasteiger partial charge in [-0.05, 0) is 18.2 Å². The third kappa shape index (κ3) is 2.22. The Balaban J connectivity index is 2.41. The van der Waals surface area contributed by atoms with E-state index in [1.54, 1.807) is 12.3 Å². The SMILES string of the molecule is [B]Oc1cccc(-c2ccnc(CC)n2)c1. The lowest BCUT2D eigenvalue weighted by atomic mass is 10.1. The van der Waals surface area contributed by atoms with Crippen LogP contribution in [0.1, 0.15) is 12.7 Å². The first kappa shape index (κ1) is 10.7. The summed E-state index contributed by atoms with van der Waals surface area (Å²) < 4.78 is 4.69. The van der Waals surface area contributed by atoms with Crippen LogP contribution < -0.4 is 4.65 Å². The van der Waals surface area contributed by atoms with Crippen LogP contribution in [0.3, 0.4) is 0 Å². The van der Waals surface area contributed by atoms with E-state index in [1.165, 1.54) is 0 Å². The summed E-state index contributed by atoms with van der Waals surface area (Å²) >= 11 is 0. The number of benzene rings is 1. The minimum Gasteiger partial charge on any atom is -0.568 e. The van der Waals surface area contributed by atoms with Crippen LogP contribution in [0.15, 0.2) is 36.5 Å². The topological polar surface area (TPSA) is 35.0 Å². The Morgan fingerprint density at radius 1 is 1.31 bits per heavy atom. The molecule has 4 heteroatoms. The smallest absolute Gasteiger partial charge is 0.374 e. The second-order valence-electron chi connectivity index (χ2n) is 3.36. The Morgan fingerprint density at radius 3 is 2.94 bits per heavy atom. The molecule has 2 radical (unpaired) electrons. The number of hydrogen-bond acceptors (Lipinski definition) is 3. The molecular weight excluding hydrogens is 199 g/mol. The molecule has 0 saturated heterocycles. The molecule has 1 aromatic carbocycles. The number of hydrogen-bond donors (Lipinski definition) is 0. The molecule has 0 atom stereocenters. The Morgan fingerprint density at radius 2 is 2.19 bits per heavy atom. The van der Waals surface area contributed by atoms with E-state index >= 15 is 0 Å². The van der Waals surface area contributed by atoms with E-state index in [0.717, 1.165) is 23.5 Å². The van der Waals surface area contributed by atoms with Crippen molar-refractivity contribution in [3.8, 4) is 17.0 Å². The van der Waals surface area contributed by atoms with E-state index in [1.807, 2.05) is 31.2 Å². The van der Waals surface area contributed by atoms with Gasteiger partial charge in [0, 0.05) is 18.2 Å². The van der Waals surface area contributed by atoms with Crippen molar-refractivity contribution in [1.82, 2.24) is 9.97 Å². The zero-order valence-electron chi connectivity index (χ0n) is 9.05. The van der Waals surface area contributed by atoms with Crippen LogP contribution in [0.5, 0.6) is 5.75 Å². The number of aromatic nitrogens is 2. The van der Waals surface area contributed by atoms with Crippen molar-refractivity contribution in [3.63, 3.8) is 0 Å². The summed E-state index contributed by atoms with van der Waals surface area (Å²) in [4.78, 5) is 8.59. The zero-order chi connectivity index (χ0) is 11.4. The second-order valence-corrected chi connectivity index (χ2v) is 3.36. The van der Waals surface area contributed by atoms with Crippen molar-refractivity contribution in [2.45, 2.75) is 13.3 Å². The van der Waals surface area contributed by atoms with Crippen LogP contribution in [0.4, 0.5) is 0 Å². The molecule has 0 bridgehead atoms. The monoisotopic (exact) mass is 210 g/mol. The number of rotatable bonds is 3. The van der Waals surface area contributed by atoms with Gasteiger partial charge in [-0.15, -0.1) is 0 Å². The maximum Gasteiger partial charge on any atom is 0.374 e. The second kappa shape index (κ2) is 4.79. The zero-order valence-corrected chi connectivity index (χ0v) is 9.05. The summed E-state index contributed by atoms with van der Waals surface area (Å²) in [6, 6.07) is 9.36. The fourth-order valence-electron chi connectivity index (χ4n) is 1.46.